The summed E-state index contributed by atoms with van der Waals surface area (Å²) in [5, 5.41) is 0.824. The van der Waals surface area contributed by atoms with E-state index < -0.39 is 0 Å². The first kappa shape index (κ1) is 10.6. The maximum Gasteiger partial charge on any atom is 0.204 e. The van der Waals surface area contributed by atoms with Crippen LogP contribution in [0.15, 0.2) is 29.9 Å². The van der Waals surface area contributed by atoms with Crippen molar-refractivity contribution in [2.75, 3.05) is 0 Å². The highest BCUT2D eigenvalue weighted by atomic mass is 35.5. The normalized spacial score (nSPS) is 10.3. The van der Waals surface area contributed by atoms with Crippen LogP contribution in [0.25, 0.3) is 0 Å². The summed E-state index contributed by atoms with van der Waals surface area (Å²) >= 11 is 12.9. The lowest BCUT2D eigenvalue weighted by atomic mass is 10.1. The lowest BCUT2D eigenvalue weighted by molar-refractivity contribution is 0.104. The molecule has 15 heavy (non-hydrogen) atoms. The molecule has 2 aromatic rings. The Kier molecular flexibility index (Phi) is 3.05. The van der Waals surface area contributed by atoms with Gasteiger partial charge < -0.3 is 0 Å². The van der Waals surface area contributed by atoms with Crippen LogP contribution in [-0.2, 0) is 0 Å². The number of rotatable bonds is 2. The van der Waals surface area contributed by atoms with E-state index in [0.29, 0.717) is 20.5 Å². The first-order valence-electron chi connectivity index (χ1n) is 4.07. The van der Waals surface area contributed by atoms with Gasteiger partial charge in [0.2, 0.25) is 5.78 Å². The number of carbonyl (C=O) groups excluding carboxylic acids is 1. The van der Waals surface area contributed by atoms with Gasteiger partial charge in [-0.2, -0.15) is 0 Å². The monoisotopic (exact) mass is 257 g/mol. The molecular formula is C10H5Cl2NOS. The molecule has 0 fully saturated rings. The third-order valence-electron chi connectivity index (χ3n) is 1.84. The molecule has 0 radical (unpaired) electrons. The molecule has 0 aliphatic heterocycles. The van der Waals surface area contributed by atoms with Crippen molar-refractivity contribution in [3.63, 3.8) is 0 Å². The number of carbonyl (C=O) groups is 1. The molecule has 1 aromatic heterocycles. The van der Waals surface area contributed by atoms with Crippen LogP contribution in [0.5, 0.6) is 0 Å². The van der Waals surface area contributed by atoms with Crippen LogP contribution in [0.1, 0.15) is 15.2 Å². The van der Waals surface area contributed by atoms with Gasteiger partial charge in [0.1, 0.15) is 0 Å². The largest absolute Gasteiger partial charge is 0.288 e. The predicted octanol–water partition coefficient (Wildman–Crippen LogP) is 3.68. The minimum atomic E-state index is -0.0870. The van der Waals surface area contributed by atoms with Gasteiger partial charge in [0, 0.05) is 11.8 Å². The fourth-order valence-corrected chi connectivity index (χ4v) is 1.99. The molecule has 1 aromatic carbocycles. The smallest absolute Gasteiger partial charge is 0.204 e. The molecule has 0 atom stereocenters. The Bertz CT molecular complexity index is 496. The zero-order chi connectivity index (χ0) is 10.8. The molecule has 0 N–H and O–H groups in total. The van der Waals surface area contributed by atoms with E-state index >= 15 is 0 Å². The lowest BCUT2D eigenvalue weighted by Crippen LogP contribution is -1.98. The first-order valence-corrected chi connectivity index (χ1v) is 5.70. The minimum absolute atomic E-state index is 0.0870. The Labute approximate surface area is 100 Å². The molecule has 0 saturated carbocycles. The lowest BCUT2D eigenvalue weighted by Gasteiger charge is -1.99. The van der Waals surface area contributed by atoms with Crippen molar-refractivity contribution in [2.24, 2.45) is 0 Å². The summed E-state index contributed by atoms with van der Waals surface area (Å²) < 4.78 is 0. The van der Waals surface area contributed by atoms with Crippen molar-refractivity contribution in [2.45, 2.75) is 0 Å². The molecule has 5 heteroatoms. The zero-order valence-corrected chi connectivity index (χ0v) is 9.73. The van der Waals surface area contributed by atoms with Gasteiger partial charge in [0.15, 0.2) is 0 Å². The van der Waals surface area contributed by atoms with Crippen molar-refractivity contribution in [1.29, 1.82) is 0 Å². The summed E-state index contributed by atoms with van der Waals surface area (Å²) in [6.07, 6.45) is 1.54. The molecule has 0 amide bonds. The second-order valence-electron chi connectivity index (χ2n) is 2.82. The molecule has 0 spiro atoms. The number of hydrogen-bond acceptors (Lipinski definition) is 3. The van der Waals surface area contributed by atoms with Gasteiger partial charge in [-0.05, 0) is 18.2 Å². The molecule has 1 heterocycles. The van der Waals surface area contributed by atoms with Crippen molar-refractivity contribution < 1.29 is 4.79 Å². The molecule has 0 saturated heterocycles. The summed E-state index contributed by atoms with van der Waals surface area (Å²) in [6.45, 7) is 0. The van der Waals surface area contributed by atoms with E-state index in [1.807, 2.05) is 0 Å². The average molecular weight is 258 g/mol. The minimum Gasteiger partial charge on any atom is -0.288 e. The van der Waals surface area contributed by atoms with Crippen LogP contribution in [-0.4, -0.2) is 10.8 Å². The summed E-state index contributed by atoms with van der Waals surface area (Å²) in [5.74, 6) is -0.0870. The number of aromatic nitrogens is 1. The van der Waals surface area contributed by atoms with E-state index in [2.05, 4.69) is 4.98 Å². The maximum atomic E-state index is 11.8. The molecule has 2 nitrogen and oxygen atoms in total. The molecule has 0 aliphatic rings. The van der Waals surface area contributed by atoms with E-state index in [-0.39, 0.29) is 5.78 Å². The van der Waals surface area contributed by atoms with E-state index in [1.54, 1.807) is 23.7 Å². The Morgan fingerprint density at radius 1 is 1.27 bits per heavy atom. The third-order valence-corrected chi connectivity index (χ3v) is 3.35. The van der Waals surface area contributed by atoms with E-state index in [1.165, 1.54) is 17.5 Å². The molecular weight excluding hydrogens is 253 g/mol. The van der Waals surface area contributed by atoms with Crippen molar-refractivity contribution >= 4 is 40.3 Å². The maximum absolute atomic E-state index is 11.8. The van der Waals surface area contributed by atoms with Gasteiger partial charge in [-0.25, -0.2) is 0 Å². The second kappa shape index (κ2) is 4.31. The standard InChI is InChI=1S/C10H5Cl2NOS/c11-7-2-1-6(3-8(7)12)10(14)9-4-13-5-15-9/h1-5H. The molecule has 2 rings (SSSR count). The van der Waals surface area contributed by atoms with Crippen molar-refractivity contribution in [1.82, 2.24) is 4.98 Å². The second-order valence-corrected chi connectivity index (χ2v) is 4.52. The number of thiazole rings is 1. The highest BCUT2D eigenvalue weighted by Gasteiger charge is 2.11. The molecule has 0 unspecified atom stereocenters. The van der Waals surface area contributed by atoms with Crippen LogP contribution in [0.2, 0.25) is 10.0 Å². The Morgan fingerprint density at radius 3 is 2.67 bits per heavy atom. The van der Waals surface area contributed by atoms with Crippen LogP contribution in [0.3, 0.4) is 0 Å². The summed E-state index contributed by atoms with van der Waals surface area (Å²) in [4.78, 5) is 16.3. The number of ketones is 1. The quantitative estimate of drug-likeness (QED) is 0.769. The van der Waals surface area contributed by atoms with Gasteiger partial charge in [0.25, 0.3) is 0 Å². The third kappa shape index (κ3) is 2.20. The highest BCUT2D eigenvalue weighted by molar-refractivity contribution is 7.11. The number of hydrogen-bond donors (Lipinski definition) is 0. The molecule has 0 bridgehead atoms. The van der Waals surface area contributed by atoms with Crippen LogP contribution < -0.4 is 0 Å². The Morgan fingerprint density at radius 2 is 2.07 bits per heavy atom. The Balaban J connectivity index is 2.39. The van der Waals surface area contributed by atoms with E-state index in [0.717, 1.165) is 0 Å². The SMILES string of the molecule is O=C(c1ccc(Cl)c(Cl)c1)c1cncs1. The number of benzene rings is 1. The van der Waals surface area contributed by atoms with Crippen LogP contribution in [0, 0.1) is 0 Å². The average Bonchev–Trinajstić information content (AvgIpc) is 2.74. The van der Waals surface area contributed by atoms with Gasteiger partial charge in [-0.15, -0.1) is 11.3 Å². The highest BCUT2D eigenvalue weighted by Crippen LogP contribution is 2.24. The topological polar surface area (TPSA) is 30.0 Å². The number of halogens is 2. The Hall–Kier alpha value is -0.900. The van der Waals surface area contributed by atoms with Crippen LogP contribution >= 0.6 is 34.5 Å². The van der Waals surface area contributed by atoms with Gasteiger partial charge in [0.05, 0.1) is 20.4 Å². The van der Waals surface area contributed by atoms with Crippen LogP contribution in [0.4, 0.5) is 0 Å². The van der Waals surface area contributed by atoms with Gasteiger partial charge in [-0.3, -0.25) is 9.78 Å². The van der Waals surface area contributed by atoms with Crippen molar-refractivity contribution in [3.05, 3.63) is 50.4 Å². The predicted molar refractivity (Wildman–Crippen MR) is 62.0 cm³/mol. The first-order chi connectivity index (χ1) is 7.18. The zero-order valence-electron chi connectivity index (χ0n) is 7.41. The fourth-order valence-electron chi connectivity index (χ4n) is 1.11. The number of nitrogens with zero attached hydrogens (tertiary/aromatic N) is 1. The molecule has 0 aliphatic carbocycles. The summed E-state index contributed by atoms with van der Waals surface area (Å²) in [6, 6.07) is 4.82. The summed E-state index contributed by atoms with van der Waals surface area (Å²) in [7, 11) is 0. The van der Waals surface area contributed by atoms with Crippen molar-refractivity contribution in [3.8, 4) is 0 Å². The van der Waals surface area contributed by atoms with Gasteiger partial charge in [-0.1, -0.05) is 23.2 Å². The summed E-state index contributed by atoms with van der Waals surface area (Å²) in [5.41, 5.74) is 2.14. The van der Waals surface area contributed by atoms with E-state index in [9.17, 15) is 4.79 Å². The molecule has 76 valence electrons. The fraction of sp³-hybridized carbons (Fsp3) is 0. The van der Waals surface area contributed by atoms with E-state index in [4.69, 9.17) is 23.2 Å². The van der Waals surface area contributed by atoms with Gasteiger partial charge >= 0.3 is 0 Å².